The summed E-state index contributed by atoms with van der Waals surface area (Å²) in [4.78, 5) is 0. The normalized spacial score (nSPS) is 17.5. The van der Waals surface area contributed by atoms with Crippen molar-refractivity contribution in [3.63, 3.8) is 0 Å². The Morgan fingerprint density at radius 1 is 1.05 bits per heavy atom. The number of ether oxygens (including phenoxy) is 2. The molecule has 1 aliphatic heterocycles. The van der Waals surface area contributed by atoms with Gasteiger partial charge in [-0.1, -0.05) is 26.3 Å². The zero-order valence-electron chi connectivity index (χ0n) is 13.5. The van der Waals surface area contributed by atoms with Crippen molar-refractivity contribution in [1.29, 1.82) is 0 Å². The summed E-state index contributed by atoms with van der Waals surface area (Å²) >= 11 is 0. The maximum absolute atomic E-state index is 5.84. The summed E-state index contributed by atoms with van der Waals surface area (Å²) in [6.45, 7) is 8.14. The maximum Gasteiger partial charge on any atom is 0.161 e. The summed E-state index contributed by atoms with van der Waals surface area (Å²) in [6.07, 6.45) is 6.13. The topological polar surface area (TPSA) is 30.5 Å². The van der Waals surface area contributed by atoms with Gasteiger partial charge in [0.05, 0.1) is 13.2 Å². The highest BCUT2D eigenvalue weighted by Crippen LogP contribution is 2.31. The molecule has 0 saturated carbocycles. The molecule has 0 spiro atoms. The lowest BCUT2D eigenvalue weighted by Gasteiger charge is -2.09. The molecule has 0 bridgehead atoms. The Kier molecular flexibility index (Phi) is 6.87. The standard InChI is InChI=1S/C18H29NO2/c1-3-10-19-11-6-4-5-7-16-8-9-17-18(12-16)21-14-15(2)13-20-17/h8-9,12,15,19H,3-7,10-11,13-14H2,1-2H3. The first kappa shape index (κ1) is 16.2. The molecular weight excluding hydrogens is 262 g/mol. The fraction of sp³-hybridized carbons (Fsp3) is 0.667. The number of aryl methyl sites for hydroxylation is 1. The smallest absolute Gasteiger partial charge is 0.161 e. The van der Waals surface area contributed by atoms with Crippen molar-refractivity contribution in [2.45, 2.75) is 46.0 Å². The number of rotatable bonds is 8. The Morgan fingerprint density at radius 2 is 1.86 bits per heavy atom. The van der Waals surface area contributed by atoms with Gasteiger partial charge >= 0.3 is 0 Å². The average molecular weight is 291 g/mol. The molecule has 1 unspecified atom stereocenters. The second kappa shape index (κ2) is 8.93. The predicted molar refractivity (Wildman–Crippen MR) is 87.3 cm³/mol. The van der Waals surface area contributed by atoms with Crippen LogP contribution in [0.25, 0.3) is 0 Å². The van der Waals surface area contributed by atoms with Gasteiger partial charge in [0.2, 0.25) is 0 Å². The van der Waals surface area contributed by atoms with Gasteiger partial charge in [0.1, 0.15) is 0 Å². The molecule has 1 aliphatic rings. The molecule has 0 saturated heterocycles. The van der Waals surface area contributed by atoms with E-state index in [-0.39, 0.29) is 0 Å². The van der Waals surface area contributed by atoms with Gasteiger partial charge in [-0.15, -0.1) is 0 Å². The fourth-order valence-electron chi connectivity index (χ4n) is 2.51. The Balaban J connectivity index is 1.72. The van der Waals surface area contributed by atoms with Crippen LogP contribution in [0.4, 0.5) is 0 Å². The highest BCUT2D eigenvalue weighted by molar-refractivity contribution is 5.43. The zero-order chi connectivity index (χ0) is 14.9. The molecule has 0 aliphatic carbocycles. The molecule has 0 radical (unpaired) electrons. The van der Waals surface area contributed by atoms with Crippen LogP contribution in [0.2, 0.25) is 0 Å². The van der Waals surface area contributed by atoms with E-state index in [4.69, 9.17) is 9.47 Å². The summed E-state index contributed by atoms with van der Waals surface area (Å²) in [5.74, 6) is 2.27. The minimum atomic E-state index is 0.455. The highest BCUT2D eigenvalue weighted by atomic mass is 16.5. The third kappa shape index (κ3) is 5.58. The Labute approximate surface area is 129 Å². The van der Waals surface area contributed by atoms with E-state index in [9.17, 15) is 0 Å². The van der Waals surface area contributed by atoms with Crippen LogP contribution in [-0.4, -0.2) is 26.3 Å². The second-order valence-electron chi connectivity index (χ2n) is 6.07. The van der Waals surface area contributed by atoms with Crippen LogP contribution >= 0.6 is 0 Å². The van der Waals surface area contributed by atoms with Crippen molar-refractivity contribution in [2.75, 3.05) is 26.3 Å². The van der Waals surface area contributed by atoms with Crippen LogP contribution in [0, 0.1) is 5.92 Å². The van der Waals surface area contributed by atoms with Gasteiger partial charge < -0.3 is 14.8 Å². The van der Waals surface area contributed by atoms with Gasteiger partial charge in [0, 0.05) is 5.92 Å². The van der Waals surface area contributed by atoms with E-state index in [0.717, 1.165) is 44.2 Å². The molecule has 1 aromatic carbocycles. The Bertz CT molecular complexity index is 420. The summed E-state index contributed by atoms with van der Waals surface area (Å²) in [7, 11) is 0. The molecular formula is C18H29NO2. The second-order valence-corrected chi connectivity index (χ2v) is 6.07. The predicted octanol–water partition coefficient (Wildman–Crippen LogP) is 3.81. The lowest BCUT2D eigenvalue weighted by Crippen LogP contribution is -2.15. The number of hydrogen-bond acceptors (Lipinski definition) is 3. The van der Waals surface area contributed by atoms with Crippen molar-refractivity contribution >= 4 is 0 Å². The summed E-state index contributed by atoms with van der Waals surface area (Å²) in [6, 6.07) is 6.39. The largest absolute Gasteiger partial charge is 0.489 e. The highest BCUT2D eigenvalue weighted by Gasteiger charge is 2.14. The molecule has 1 heterocycles. The first-order valence-electron chi connectivity index (χ1n) is 8.39. The number of hydrogen-bond donors (Lipinski definition) is 1. The molecule has 1 atom stereocenters. The number of fused-ring (bicyclic) bond motifs is 1. The van der Waals surface area contributed by atoms with Crippen LogP contribution in [0.15, 0.2) is 18.2 Å². The van der Waals surface area contributed by atoms with Crippen molar-refractivity contribution in [1.82, 2.24) is 5.32 Å². The van der Waals surface area contributed by atoms with Crippen LogP contribution in [0.3, 0.4) is 0 Å². The van der Waals surface area contributed by atoms with Gasteiger partial charge in [0.15, 0.2) is 11.5 Å². The molecule has 0 amide bonds. The molecule has 2 rings (SSSR count). The first-order valence-corrected chi connectivity index (χ1v) is 8.39. The van der Waals surface area contributed by atoms with Crippen molar-refractivity contribution in [3.8, 4) is 11.5 Å². The molecule has 3 heteroatoms. The molecule has 3 nitrogen and oxygen atoms in total. The van der Waals surface area contributed by atoms with Crippen LogP contribution < -0.4 is 14.8 Å². The summed E-state index contributed by atoms with van der Waals surface area (Å²) in [5, 5.41) is 3.45. The molecule has 1 N–H and O–H groups in total. The molecule has 21 heavy (non-hydrogen) atoms. The minimum absolute atomic E-state index is 0.455. The summed E-state index contributed by atoms with van der Waals surface area (Å²) < 4.78 is 11.6. The van der Waals surface area contributed by atoms with Gasteiger partial charge in [-0.2, -0.15) is 0 Å². The van der Waals surface area contributed by atoms with Gasteiger partial charge in [-0.05, 0) is 56.5 Å². The third-order valence-corrected chi connectivity index (χ3v) is 3.80. The van der Waals surface area contributed by atoms with Gasteiger partial charge in [0.25, 0.3) is 0 Å². The lowest BCUT2D eigenvalue weighted by molar-refractivity contribution is 0.228. The number of benzene rings is 1. The first-order chi connectivity index (χ1) is 10.3. The van der Waals surface area contributed by atoms with E-state index in [0.29, 0.717) is 5.92 Å². The lowest BCUT2D eigenvalue weighted by atomic mass is 10.1. The van der Waals surface area contributed by atoms with Gasteiger partial charge in [-0.25, -0.2) is 0 Å². The molecule has 1 aromatic rings. The maximum atomic E-state index is 5.84. The van der Waals surface area contributed by atoms with E-state index >= 15 is 0 Å². The minimum Gasteiger partial charge on any atom is -0.489 e. The molecule has 118 valence electrons. The van der Waals surface area contributed by atoms with E-state index < -0.39 is 0 Å². The van der Waals surface area contributed by atoms with E-state index in [1.807, 2.05) is 0 Å². The fourth-order valence-corrected chi connectivity index (χ4v) is 2.51. The number of unbranched alkanes of at least 4 members (excludes halogenated alkanes) is 2. The zero-order valence-corrected chi connectivity index (χ0v) is 13.5. The Morgan fingerprint density at radius 3 is 2.67 bits per heavy atom. The van der Waals surface area contributed by atoms with Crippen LogP contribution in [0.1, 0.15) is 45.1 Å². The summed E-state index contributed by atoms with van der Waals surface area (Å²) in [5.41, 5.74) is 1.36. The average Bonchev–Trinajstić information content (AvgIpc) is 2.68. The molecule has 0 fully saturated rings. The number of nitrogens with one attached hydrogen (secondary N) is 1. The van der Waals surface area contributed by atoms with Gasteiger partial charge in [-0.3, -0.25) is 0 Å². The third-order valence-electron chi connectivity index (χ3n) is 3.80. The van der Waals surface area contributed by atoms with E-state index in [1.165, 1.54) is 31.2 Å². The van der Waals surface area contributed by atoms with E-state index in [2.05, 4.69) is 37.4 Å². The van der Waals surface area contributed by atoms with Crippen molar-refractivity contribution < 1.29 is 9.47 Å². The Hall–Kier alpha value is -1.22. The van der Waals surface area contributed by atoms with Crippen LogP contribution in [-0.2, 0) is 6.42 Å². The molecule has 0 aromatic heterocycles. The van der Waals surface area contributed by atoms with E-state index in [1.54, 1.807) is 0 Å². The quantitative estimate of drug-likeness (QED) is 0.739. The van der Waals surface area contributed by atoms with Crippen LogP contribution in [0.5, 0.6) is 11.5 Å². The van der Waals surface area contributed by atoms with Crippen molar-refractivity contribution in [2.24, 2.45) is 5.92 Å². The van der Waals surface area contributed by atoms with Crippen molar-refractivity contribution in [3.05, 3.63) is 23.8 Å². The monoisotopic (exact) mass is 291 g/mol. The SMILES string of the molecule is CCCNCCCCCc1ccc2c(c1)OCC(C)CO2.